The van der Waals surface area contributed by atoms with Gasteiger partial charge in [-0.1, -0.05) is 39.5 Å². The number of carbonyl (C=O) groups is 1. The summed E-state index contributed by atoms with van der Waals surface area (Å²) in [6, 6.07) is 7.66. The molecular formula is C20H33N3O3. The summed E-state index contributed by atoms with van der Waals surface area (Å²) in [4.78, 5) is 12.1. The summed E-state index contributed by atoms with van der Waals surface area (Å²) in [7, 11) is 0. The minimum Gasteiger partial charge on any atom is -0.491 e. The molecule has 0 spiro atoms. The van der Waals surface area contributed by atoms with E-state index >= 15 is 0 Å². The van der Waals surface area contributed by atoms with E-state index in [0.29, 0.717) is 18.3 Å². The van der Waals surface area contributed by atoms with Crippen molar-refractivity contribution in [1.29, 1.82) is 0 Å². The van der Waals surface area contributed by atoms with Gasteiger partial charge in [-0.25, -0.2) is 4.79 Å². The summed E-state index contributed by atoms with van der Waals surface area (Å²) < 4.78 is 5.58. The second-order valence-electron chi connectivity index (χ2n) is 7.34. The topological polar surface area (TPSA) is 82.6 Å². The summed E-state index contributed by atoms with van der Waals surface area (Å²) in [5.74, 6) is 0.670. The van der Waals surface area contributed by atoms with Crippen LogP contribution in [0.1, 0.15) is 52.4 Å². The molecule has 6 nitrogen and oxygen atoms in total. The molecule has 0 saturated heterocycles. The lowest BCUT2D eigenvalue weighted by Gasteiger charge is -2.17. The number of urea groups is 1. The zero-order chi connectivity index (χ0) is 18.8. The Labute approximate surface area is 156 Å². The van der Waals surface area contributed by atoms with Crippen molar-refractivity contribution in [2.75, 3.05) is 18.5 Å². The predicted octanol–water partition coefficient (Wildman–Crippen LogP) is 3.27. The van der Waals surface area contributed by atoms with Gasteiger partial charge in [0.1, 0.15) is 18.5 Å². The van der Waals surface area contributed by atoms with Crippen LogP contribution in [0.5, 0.6) is 5.75 Å². The van der Waals surface area contributed by atoms with E-state index in [-0.39, 0.29) is 18.7 Å². The van der Waals surface area contributed by atoms with Gasteiger partial charge in [0.15, 0.2) is 0 Å². The van der Waals surface area contributed by atoms with Crippen molar-refractivity contribution in [3.63, 3.8) is 0 Å². The van der Waals surface area contributed by atoms with E-state index in [4.69, 9.17) is 4.74 Å². The highest BCUT2D eigenvalue weighted by molar-refractivity contribution is 5.89. The fourth-order valence-corrected chi connectivity index (χ4v) is 3.03. The summed E-state index contributed by atoms with van der Waals surface area (Å²) >= 11 is 0. The number of ether oxygens (including phenoxy) is 1. The first-order valence-electron chi connectivity index (χ1n) is 9.75. The number of carbonyl (C=O) groups excluding carboxylic acids is 1. The molecular weight excluding hydrogens is 330 g/mol. The Morgan fingerprint density at radius 3 is 2.42 bits per heavy atom. The Kier molecular flexibility index (Phi) is 8.71. The van der Waals surface area contributed by atoms with E-state index in [1.54, 1.807) is 24.3 Å². The van der Waals surface area contributed by atoms with E-state index in [2.05, 4.69) is 16.0 Å². The van der Waals surface area contributed by atoms with Crippen LogP contribution in [0.4, 0.5) is 10.5 Å². The van der Waals surface area contributed by atoms with Gasteiger partial charge < -0.3 is 25.8 Å². The maximum Gasteiger partial charge on any atom is 0.319 e. The average Bonchev–Trinajstić information content (AvgIpc) is 2.88. The number of nitrogens with one attached hydrogen (secondary N) is 3. The van der Waals surface area contributed by atoms with Crippen LogP contribution in [0.25, 0.3) is 0 Å². The SMILES string of the molecule is CC(C)NCC(O)COc1ccc(NC(=O)NC2CCCCCC2)cc1. The van der Waals surface area contributed by atoms with Crippen LogP contribution in [0, 0.1) is 0 Å². The molecule has 1 aromatic rings. The van der Waals surface area contributed by atoms with Crippen LogP contribution < -0.4 is 20.7 Å². The number of anilines is 1. The maximum atomic E-state index is 12.1. The van der Waals surface area contributed by atoms with Crippen molar-refractivity contribution >= 4 is 11.7 Å². The molecule has 1 aliphatic rings. The smallest absolute Gasteiger partial charge is 0.319 e. The molecule has 1 aliphatic carbocycles. The minimum atomic E-state index is -0.555. The number of hydrogen-bond donors (Lipinski definition) is 4. The Balaban J connectivity index is 1.71. The molecule has 4 N–H and O–H groups in total. The van der Waals surface area contributed by atoms with E-state index in [9.17, 15) is 9.90 Å². The van der Waals surface area contributed by atoms with Gasteiger partial charge in [-0.05, 0) is 37.1 Å². The van der Waals surface area contributed by atoms with Crippen LogP contribution >= 0.6 is 0 Å². The highest BCUT2D eigenvalue weighted by atomic mass is 16.5. The summed E-state index contributed by atoms with van der Waals surface area (Å²) in [6.07, 6.45) is 6.49. The zero-order valence-electron chi connectivity index (χ0n) is 16.0. The van der Waals surface area contributed by atoms with Gasteiger partial charge in [-0.2, -0.15) is 0 Å². The maximum absolute atomic E-state index is 12.1. The lowest BCUT2D eigenvalue weighted by molar-refractivity contribution is 0.104. The molecule has 1 atom stereocenters. The molecule has 2 rings (SSSR count). The highest BCUT2D eigenvalue weighted by Gasteiger charge is 2.14. The third-order valence-electron chi connectivity index (χ3n) is 4.51. The van der Waals surface area contributed by atoms with Crippen LogP contribution in [0.3, 0.4) is 0 Å². The van der Waals surface area contributed by atoms with E-state index < -0.39 is 6.10 Å². The summed E-state index contributed by atoms with van der Waals surface area (Å²) in [5, 5.41) is 19.0. The number of aliphatic hydroxyl groups is 1. The Morgan fingerprint density at radius 2 is 1.81 bits per heavy atom. The number of amides is 2. The van der Waals surface area contributed by atoms with Crippen LogP contribution in [-0.2, 0) is 0 Å². The van der Waals surface area contributed by atoms with Crippen molar-refractivity contribution < 1.29 is 14.6 Å². The highest BCUT2D eigenvalue weighted by Crippen LogP contribution is 2.18. The van der Waals surface area contributed by atoms with Gasteiger partial charge >= 0.3 is 6.03 Å². The first-order valence-corrected chi connectivity index (χ1v) is 9.75. The summed E-state index contributed by atoms with van der Waals surface area (Å²) in [6.45, 7) is 4.80. The van der Waals surface area contributed by atoms with Gasteiger partial charge in [0.05, 0.1) is 0 Å². The fraction of sp³-hybridized carbons (Fsp3) is 0.650. The number of benzene rings is 1. The monoisotopic (exact) mass is 363 g/mol. The predicted molar refractivity (Wildman–Crippen MR) is 105 cm³/mol. The van der Waals surface area contributed by atoms with E-state index in [1.165, 1.54) is 25.7 Å². The third kappa shape index (κ3) is 8.06. The molecule has 0 heterocycles. The molecule has 1 saturated carbocycles. The lowest BCUT2D eigenvalue weighted by atomic mass is 10.1. The van der Waals surface area contributed by atoms with Crippen molar-refractivity contribution in [2.24, 2.45) is 0 Å². The Hall–Kier alpha value is -1.79. The normalized spacial score (nSPS) is 16.8. The number of hydrogen-bond acceptors (Lipinski definition) is 4. The Morgan fingerprint density at radius 1 is 1.15 bits per heavy atom. The third-order valence-corrected chi connectivity index (χ3v) is 4.51. The first-order chi connectivity index (χ1) is 12.5. The Bertz CT molecular complexity index is 526. The molecule has 1 unspecified atom stereocenters. The number of rotatable bonds is 8. The molecule has 1 aromatic carbocycles. The molecule has 26 heavy (non-hydrogen) atoms. The summed E-state index contributed by atoms with van der Waals surface area (Å²) in [5.41, 5.74) is 0.727. The first kappa shape index (κ1) is 20.5. The van der Waals surface area contributed by atoms with E-state index in [0.717, 1.165) is 18.5 Å². The van der Waals surface area contributed by atoms with Crippen LogP contribution in [-0.4, -0.2) is 42.5 Å². The largest absolute Gasteiger partial charge is 0.491 e. The molecule has 0 bridgehead atoms. The second-order valence-corrected chi connectivity index (χ2v) is 7.34. The quantitative estimate of drug-likeness (QED) is 0.534. The van der Waals surface area contributed by atoms with Gasteiger partial charge in [-0.3, -0.25) is 0 Å². The minimum absolute atomic E-state index is 0.152. The van der Waals surface area contributed by atoms with Crippen molar-refractivity contribution in [3.05, 3.63) is 24.3 Å². The number of aliphatic hydroxyl groups excluding tert-OH is 1. The van der Waals surface area contributed by atoms with Gasteiger partial charge in [0.2, 0.25) is 0 Å². The standard InChI is InChI=1S/C20H33N3O3/c1-15(2)21-13-18(24)14-26-19-11-9-17(10-12-19)23-20(25)22-16-7-5-3-4-6-8-16/h9-12,15-16,18,21,24H,3-8,13-14H2,1-2H3,(H2,22,23,25). The van der Waals surface area contributed by atoms with Gasteiger partial charge in [-0.15, -0.1) is 0 Å². The van der Waals surface area contributed by atoms with Crippen molar-refractivity contribution in [3.8, 4) is 5.75 Å². The molecule has 146 valence electrons. The van der Waals surface area contributed by atoms with Crippen LogP contribution in [0.15, 0.2) is 24.3 Å². The zero-order valence-corrected chi connectivity index (χ0v) is 16.0. The van der Waals surface area contributed by atoms with Crippen molar-refractivity contribution in [1.82, 2.24) is 10.6 Å². The average molecular weight is 364 g/mol. The second kappa shape index (κ2) is 11.0. The molecule has 1 fully saturated rings. The van der Waals surface area contributed by atoms with E-state index in [1.807, 2.05) is 13.8 Å². The molecule has 2 amide bonds. The molecule has 0 aromatic heterocycles. The fourth-order valence-electron chi connectivity index (χ4n) is 3.03. The molecule has 0 aliphatic heterocycles. The molecule has 0 radical (unpaired) electrons. The van der Waals surface area contributed by atoms with Crippen LogP contribution in [0.2, 0.25) is 0 Å². The van der Waals surface area contributed by atoms with Crippen molar-refractivity contribution in [2.45, 2.75) is 70.6 Å². The lowest BCUT2D eigenvalue weighted by Crippen LogP contribution is -2.37. The van der Waals surface area contributed by atoms with Gasteiger partial charge in [0, 0.05) is 24.3 Å². The van der Waals surface area contributed by atoms with Gasteiger partial charge in [0.25, 0.3) is 0 Å². The molecule has 6 heteroatoms.